The lowest BCUT2D eigenvalue weighted by Crippen LogP contribution is -2.03. The van der Waals surface area contributed by atoms with Gasteiger partial charge < -0.3 is 9.52 Å². The van der Waals surface area contributed by atoms with Crippen LogP contribution >= 0.6 is 0 Å². The number of aromatic amines is 1. The second-order valence-corrected chi connectivity index (χ2v) is 3.50. The minimum absolute atomic E-state index is 0.0647. The smallest absolute Gasteiger partial charge is 0.433 e. The van der Waals surface area contributed by atoms with Crippen LogP contribution in [0.4, 0.5) is 11.8 Å². The number of nitrogens with one attached hydrogen (secondary N) is 1. The molecular weight excluding hydrogens is 268 g/mol. The standard InChI is InChI=1S/C11H8N4O5/c16-8-6-9(17)14-11(13-8)12-5-1-2-7-3-4-10(20-7)15(18)19/h1-6H,(H2,13,14,16,17)/b2-1-,12-5+. The Bertz CT molecular complexity index is 743. The van der Waals surface area contributed by atoms with E-state index in [2.05, 4.69) is 15.0 Å². The van der Waals surface area contributed by atoms with Gasteiger partial charge in [0.2, 0.25) is 11.8 Å². The van der Waals surface area contributed by atoms with E-state index in [0.29, 0.717) is 0 Å². The van der Waals surface area contributed by atoms with Crippen LogP contribution in [0.5, 0.6) is 5.88 Å². The van der Waals surface area contributed by atoms with Crippen molar-refractivity contribution in [3.05, 3.63) is 50.5 Å². The Morgan fingerprint density at radius 1 is 1.50 bits per heavy atom. The maximum atomic E-state index is 11.0. The van der Waals surface area contributed by atoms with E-state index in [-0.39, 0.29) is 17.6 Å². The van der Waals surface area contributed by atoms with Gasteiger partial charge in [-0.05, 0) is 18.2 Å². The molecular formula is C11H8N4O5. The summed E-state index contributed by atoms with van der Waals surface area (Å²) in [5.41, 5.74) is -0.532. The van der Waals surface area contributed by atoms with Gasteiger partial charge in [0.25, 0.3) is 5.56 Å². The maximum absolute atomic E-state index is 11.0. The number of nitrogens with zero attached hydrogens (tertiary/aromatic N) is 3. The quantitative estimate of drug-likeness (QED) is 0.492. The Kier molecular flexibility index (Phi) is 3.70. The van der Waals surface area contributed by atoms with Crippen molar-refractivity contribution < 1.29 is 14.4 Å². The maximum Gasteiger partial charge on any atom is 0.433 e. The monoisotopic (exact) mass is 276 g/mol. The molecule has 0 fully saturated rings. The predicted octanol–water partition coefficient (Wildman–Crippen LogP) is 1.39. The highest BCUT2D eigenvalue weighted by atomic mass is 16.6. The van der Waals surface area contributed by atoms with Gasteiger partial charge in [0.15, 0.2) is 0 Å². The summed E-state index contributed by atoms with van der Waals surface area (Å²) in [5, 5.41) is 19.5. The molecule has 2 heterocycles. The first-order valence-corrected chi connectivity index (χ1v) is 5.30. The first-order valence-electron chi connectivity index (χ1n) is 5.30. The summed E-state index contributed by atoms with van der Waals surface area (Å²) in [5.74, 6) is -0.585. The van der Waals surface area contributed by atoms with Gasteiger partial charge in [-0.25, -0.2) is 4.99 Å². The average molecular weight is 276 g/mol. The van der Waals surface area contributed by atoms with E-state index < -0.39 is 16.4 Å². The molecule has 2 N–H and O–H groups in total. The largest absolute Gasteiger partial charge is 0.493 e. The third-order valence-electron chi connectivity index (χ3n) is 2.05. The predicted molar refractivity (Wildman–Crippen MR) is 69.1 cm³/mol. The van der Waals surface area contributed by atoms with Crippen molar-refractivity contribution in [2.24, 2.45) is 4.99 Å². The molecule has 0 saturated heterocycles. The summed E-state index contributed by atoms with van der Waals surface area (Å²) in [7, 11) is 0. The lowest BCUT2D eigenvalue weighted by Gasteiger charge is -1.91. The highest BCUT2D eigenvalue weighted by molar-refractivity contribution is 5.79. The van der Waals surface area contributed by atoms with Crippen LogP contribution in [0.3, 0.4) is 0 Å². The number of H-pyrrole nitrogens is 1. The third kappa shape index (κ3) is 3.38. The Morgan fingerprint density at radius 2 is 2.30 bits per heavy atom. The lowest BCUT2D eigenvalue weighted by atomic mass is 10.4. The van der Waals surface area contributed by atoms with Gasteiger partial charge >= 0.3 is 5.88 Å². The second-order valence-electron chi connectivity index (χ2n) is 3.50. The molecule has 2 rings (SSSR count). The summed E-state index contributed by atoms with van der Waals surface area (Å²) >= 11 is 0. The van der Waals surface area contributed by atoms with Crippen molar-refractivity contribution in [2.45, 2.75) is 0 Å². The molecule has 0 bridgehead atoms. The normalized spacial score (nSPS) is 11.4. The number of allylic oxidation sites excluding steroid dienone is 1. The minimum Gasteiger partial charge on any atom is -0.493 e. The number of aliphatic imine (C=N–C) groups is 1. The molecule has 0 aromatic carbocycles. The van der Waals surface area contributed by atoms with Crippen LogP contribution < -0.4 is 5.56 Å². The Hall–Kier alpha value is -3.23. The SMILES string of the molecule is O=c1cc(O)nc(/N=C/C=C\c2ccc([N+](=O)[O-])o2)[nH]1. The van der Waals surface area contributed by atoms with Gasteiger partial charge in [-0.3, -0.25) is 19.9 Å². The highest BCUT2D eigenvalue weighted by Gasteiger charge is 2.09. The fourth-order valence-corrected chi connectivity index (χ4v) is 1.27. The van der Waals surface area contributed by atoms with E-state index >= 15 is 0 Å². The molecule has 0 spiro atoms. The van der Waals surface area contributed by atoms with Crippen molar-refractivity contribution >= 4 is 24.1 Å². The molecule has 0 radical (unpaired) electrons. The van der Waals surface area contributed by atoms with Gasteiger partial charge in [-0.2, -0.15) is 4.98 Å². The first-order chi connectivity index (χ1) is 9.54. The van der Waals surface area contributed by atoms with E-state index in [1.54, 1.807) is 0 Å². The van der Waals surface area contributed by atoms with Crippen LogP contribution in [0, 0.1) is 10.1 Å². The number of hydrogen-bond acceptors (Lipinski definition) is 7. The highest BCUT2D eigenvalue weighted by Crippen LogP contribution is 2.16. The molecule has 0 amide bonds. The zero-order valence-corrected chi connectivity index (χ0v) is 9.89. The summed E-state index contributed by atoms with van der Waals surface area (Å²) in [6, 6.07) is 3.57. The van der Waals surface area contributed by atoms with Gasteiger partial charge in [0, 0.05) is 6.21 Å². The molecule has 0 unspecified atom stereocenters. The molecule has 0 atom stereocenters. The van der Waals surface area contributed by atoms with Gasteiger partial charge in [0.1, 0.15) is 10.7 Å². The number of rotatable bonds is 4. The van der Waals surface area contributed by atoms with Crippen LogP contribution in [-0.2, 0) is 0 Å². The molecule has 9 nitrogen and oxygen atoms in total. The van der Waals surface area contributed by atoms with Crippen molar-refractivity contribution in [3.63, 3.8) is 0 Å². The number of nitro groups is 1. The molecule has 0 saturated carbocycles. The Balaban J connectivity index is 2.06. The van der Waals surface area contributed by atoms with E-state index in [0.717, 1.165) is 6.07 Å². The molecule has 0 aliphatic heterocycles. The Labute approximate surface area is 111 Å². The fourth-order valence-electron chi connectivity index (χ4n) is 1.27. The van der Waals surface area contributed by atoms with Gasteiger partial charge in [-0.15, -0.1) is 0 Å². The molecule has 102 valence electrons. The average Bonchev–Trinajstić information content (AvgIpc) is 2.82. The summed E-state index contributed by atoms with van der Waals surface area (Å²) in [6.45, 7) is 0. The molecule has 2 aromatic rings. The third-order valence-corrected chi connectivity index (χ3v) is 2.05. The van der Waals surface area contributed by atoms with Crippen molar-refractivity contribution in [1.29, 1.82) is 0 Å². The van der Waals surface area contributed by atoms with Gasteiger partial charge in [0.05, 0.1) is 12.1 Å². The van der Waals surface area contributed by atoms with E-state index in [4.69, 9.17) is 9.52 Å². The molecule has 20 heavy (non-hydrogen) atoms. The minimum atomic E-state index is -0.646. The summed E-state index contributed by atoms with van der Waals surface area (Å²) in [6.07, 6.45) is 4.16. The molecule has 2 aromatic heterocycles. The number of aromatic nitrogens is 2. The molecule has 9 heteroatoms. The number of aromatic hydroxyl groups is 1. The number of hydrogen-bond donors (Lipinski definition) is 2. The van der Waals surface area contributed by atoms with Crippen LogP contribution in [0.15, 0.2) is 38.5 Å². The first kappa shape index (κ1) is 13.2. The van der Waals surface area contributed by atoms with E-state index in [1.165, 1.54) is 30.5 Å². The zero-order valence-electron chi connectivity index (χ0n) is 9.89. The summed E-state index contributed by atoms with van der Waals surface area (Å²) < 4.78 is 4.87. The van der Waals surface area contributed by atoms with Crippen LogP contribution in [-0.4, -0.2) is 26.2 Å². The van der Waals surface area contributed by atoms with E-state index in [9.17, 15) is 14.9 Å². The summed E-state index contributed by atoms with van der Waals surface area (Å²) in [4.78, 5) is 30.4. The van der Waals surface area contributed by atoms with Crippen LogP contribution in [0.25, 0.3) is 6.08 Å². The van der Waals surface area contributed by atoms with Crippen LogP contribution in [0.1, 0.15) is 5.76 Å². The van der Waals surface area contributed by atoms with Crippen molar-refractivity contribution in [1.82, 2.24) is 9.97 Å². The lowest BCUT2D eigenvalue weighted by molar-refractivity contribution is -0.402. The topological polar surface area (TPSA) is 135 Å². The zero-order chi connectivity index (χ0) is 14.5. The van der Waals surface area contributed by atoms with Crippen molar-refractivity contribution in [2.75, 3.05) is 0 Å². The Morgan fingerprint density at radius 3 is 2.95 bits per heavy atom. The van der Waals surface area contributed by atoms with Crippen molar-refractivity contribution in [3.8, 4) is 5.88 Å². The molecule has 0 aliphatic carbocycles. The van der Waals surface area contributed by atoms with E-state index in [1.807, 2.05) is 0 Å². The van der Waals surface area contributed by atoms with Crippen LogP contribution in [0.2, 0.25) is 0 Å². The second kappa shape index (κ2) is 5.61. The fraction of sp³-hybridized carbons (Fsp3) is 0. The van der Waals surface area contributed by atoms with Gasteiger partial charge in [-0.1, -0.05) is 0 Å². The number of furan rings is 1. The molecule has 0 aliphatic rings.